The van der Waals surface area contributed by atoms with Gasteiger partial charge in [0.05, 0.1) is 11.3 Å². The number of aryl methyl sites for hydroxylation is 1. The van der Waals surface area contributed by atoms with E-state index in [4.69, 9.17) is 0 Å². The van der Waals surface area contributed by atoms with Gasteiger partial charge < -0.3 is 5.11 Å². The molecule has 0 aliphatic heterocycles. The van der Waals surface area contributed by atoms with Crippen molar-refractivity contribution in [2.24, 2.45) is 0 Å². The molecule has 31 heavy (non-hydrogen) atoms. The van der Waals surface area contributed by atoms with E-state index in [0.717, 1.165) is 43.6 Å². The number of Topliss-reactive ketones (excluding diaryl/α,β-unsaturated/α-hetero) is 1. The van der Waals surface area contributed by atoms with E-state index in [1.54, 1.807) is 30.5 Å². The average molecular weight is 421 g/mol. The number of unbranched alkanes of at least 4 members (excludes halogenated alkanes) is 2. The summed E-state index contributed by atoms with van der Waals surface area (Å²) in [5.74, 6) is 0.0204. The van der Waals surface area contributed by atoms with Gasteiger partial charge in [-0.2, -0.15) is 0 Å². The van der Waals surface area contributed by atoms with Crippen molar-refractivity contribution >= 4 is 11.8 Å². The Bertz CT molecular complexity index is 1040. The number of pyridine rings is 1. The molecule has 0 radical (unpaired) electrons. The van der Waals surface area contributed by atoms with Gasteiger partial charge in [-0.1, -0.05) is 51.0 Å². The molecule has 2 aromatic heterocycles. The molecule has 1 N–H and O–H groups in total. The molecule has 0 aliphatic carbocycles. The topological polar surface area (TPSA) is 98.0 Å². The second-order valence-corrected chi connectivity index (χ2v) is 7.53. The maximum atomic E-state index is 12.3. The van der Waals surface area contributed by atoms with Gasteiger partial charge in [0.2, 0.25) is 11.6 Å². The van der Waals surface area contributed by atoms with E-state index in [1.807, 2.05) is 23.7 Å². The summed E-state index contributed by atoms with van der Waals surface area (Å²) in [5, 5.41) is 13.9. The van der Waals surface area contributed by atoms with Crippen molar-refractivity contribution in [2.45, 2.75) is 58.9 Å². The summed E-state index contributed by atoms with van der Waals surface area (Å²) in [4.78, 5) is 32.8. The molecule has 3 aromatic rings. The number of aromatic carboxylic acids is 1. The molecule has 0 aliphatic rings. The van der Waals surface area contributed by atoms with Gasteiger partial charge in [-0.25, -0.2) is 14.5 Å². The summed E-state index contributed by atoms with van der Waals surface area (Å²) in [6.45, 7) is 4.84. The lowest BCUT2D eigenvalue weighted by Gasteiger charge is -2.08. The van der Waals surface area contributed by atoms with Crippen molar-refractivity contribution in [3.05, 3.63) is 65.4 Å². The fourth-order valence-electron chi connectivity index (χ4n) is 3.42. The summed E-state index contributed by atoms with van der Waals surface area (Å²) in [6, 6.07) is 10.6. The molecule has 0 saturated carbocycles. The molecule has 3 rings (SSSR count). The third-order valence-electron chi connectivity index (χ3n) is 5.07. The van der Waals surface area contributed by atoms with Gasteiger partial charge in [-0.05, 0) is 30.5 Å². The molecule has 1 aromatic carbocycles. The fourth-order valence-corrected chi connectivity index (χ4v) is 3.42. The molecule has 0 bridgehead atoms. The molecular weight excluding hydrogens is 392 g/mol. The number of carbonyl (C=O) groups excluding carboxylic acids is 1. The largest absolute Gasteiger partial charge is 0.478 e. The second kappa shape index (κ2) is 10.6. The highest BCUT2D eigenvalue weighted by Crippen LogP contribution is 2.22. The predicted molar refractivity (Wildman–Crippen MR) is 118 cm³/mol. The van der Waals surface area contributed by atoms with Gasteiger partial charge in [0.15, 0.2) is 0 Å². The molecule has 162 valence electrons. The zero-order valence-corrected chi connectivity index (χ0v) is 18.0. The molecule has 0 unspecified atom stereocenters. The third kappa shape index (κ3) is 5.63. The van der Waals surface area contributed by atoms with E-state index in [0.29, 0.717) is 24.1 Å². The van der Waals surface area contributed by atoms with Gasteiger partial charge in [-0.15, -0.1) is 5.10 Å². The van der Waals surface area contributed by atoms with E-state index >= 15 is 0 Å². The highest BCUT2D eigenvalue weighted by Gasteiger charge is 2.17. The van der Waals surface area contributed by atoms with Crippen LogP contribution in [-0.4, -0.2) is 36.6 Å². The first kappa shape index (κ1) is 22.3. The van der Waals surface area contributed by atoms with E-state index < -0.39 is 5.97 Å². The summed E-state index contributed by atoms with van der Waals surface area (Å²) in [6.07, 6.45) is 6.63. The molecule has 7 heteroatoms. The van der Waals surface area contributed by atoms with Crippen molar-refractivity contribution < 1.29 is 14.7 Å². The van der Waals surface area contributed by atoms with Gasteiger partial charge in [0.25, 0.3) is 0 Å². The Morgan fingerprint density at radius 1 is 1.03 bits per heavy atom. The Hall–Kier alpha value is -3.35. The second-order valence-electron chi connectivity index (χ2n) is 7.53. The van der Waals surface area contributed by atoms with Crippen LogP contribution in [0.15, 0.2) is 42.6 Å². The van der Waals surface area contributed by atoms with Gasteiger partial charge in [-0.3, -0.25) is 9.78 Å². The monoisotopic (exact) mass is 420 g/mol. The SMILES string of the molecule is CCCCCn1nc(C(=O)CCC)nc1Cc1ccc(-c2ccccc2C(=O)O)nc1. The maximum Gasteiger partial charge on any atom is 0.336 e. The minimum atomic E-state index is -0.981. The zero-order chi connectivity index (χ0) is 22.2. The summed E-state index contributed by atoms with van der Waals surface area (Å²) >= 11 is 0. The first-order valence-corrected chi connectivity index (χ1v) is 10.8. The molecule has 0 spiro atoms. The Morgan fingerprint density at radius 3 is 2.52 bits per heavy atom. The minimum Gasteiger partial charge on any atom is -0.478 e. The Morgan fingerprint density at radius 2 is 1.84 bits per heavy atom. The highest BCUT2D eigenvalue weighted by molar-refractivity contribution is 5.95. The molecular formula is C24H28N4O3. The summed E-state index contributed by atoms with van der Waals surface area (Å²) < 4.78 is 1.84. The lowest BCUT2D eigenvalue weighted by atomic mass is 10.0. The maximum absolute atomic E-state index is 12.3. The fraction of sp³-hybridized carbons (Fsp3) is 0.375. The highest BCUT2D eigenvalue weighted by atomic mass is 16.4. The van der Waals surface area contributed by atoms with Crippen LogP contribution in [0.3, 0.4) is 0 Å². The smallest absolute Gasteiger partial charge is 0.336 e. The molecule has 0 atom stereocenters. The first-order valence-electron chi connectivity index (χ1n) is 10.8. The quantitative estimate of drug-likeness (QED) is 0.353. The summed E-state index contributed by atoms with van der Waals surface area (Å²) in [5.41, 5.74) is 2.33. The van der Waals surface area contributed by atoms with Gasteiger partial charge >= 0.3 is 5.97 Å². The van der Waals surface area contributed by atoms with Crippen LogP contribution in [0.2, 0.25) is 0 Å². The lowest BCUT2D eigenvalue weighted by molar-refractivity contribution is 0.0697. The normalized spacial score (nSPS) is 10.9. The van der Waals surface area contributed by atoms with Crippen LogP contribution in [0.1, 0.15) is 78.3 Å². The van der Waals surface area contributed by atoms with Crippen LogP contribution < -0.4 is 0 Å². The van der Waals surface area contributed by atoms with Crippen molar-refractivity contribution in [1.82, 2.24) is 19.7 Å². The van der Waals surface area contributed by atoms with Crippen molar-refractivity contribution in [2.75, 3.05) is 0 Å². The average Bonchev–Trinajstić information content (AvgIpc) is 3.17. The van der Waals surface area contributed by atoms with Crippen LogP contribution in [0, 0.1) is 0 Å². The molecule has 2 heterocycles. The minimum absolute atomic E-state index is 0.0308. The lowest BCUT2D eigenvalue weighted by Crippen LogP contribution is -2.07. The van der Waals surface area contributed by atoms with Crippen LogP contribution in [0.5, 0.6) is 0 Å². The number of benzene rings is 1. The van der Waals surface area contributed by atoms with Crippen molar-refractivity contribution in [1.29, 1.82) is 0 Å². The van der Waals surface area contributed by atoms with Gasteiger partial charge in [0.1, 0.15) is 5.82 Å². The van der Waals surface area contributed by atoms with E-state index in [9.17, 15) is 14.7 Å². The number of carbonyl (C=O) groups is 2. The van der Waals surface area contributed by atoms with Crippen LogP contribution >= 0.6 is 0 Å². The zero-order valence-electron chi connectivity index (χ0n) is 18.0. The van der Waals surface area contributed by atoms with Crippen LogP contribution in [0.4, 0.5) is 0 Å². The number of carboxylic acid groups (broad SMARTS) is 1. The molecule has 7 nitrogen and oxygen atoms in total. The van der Waals surface area contributed by atoms with Crippen LogP contribution in [-0.2, 0) is 13.0 Å². The Kier molecular flexibility index (Phi) is 7.65. The Balaban J connectivity index is 1.83. The number of ketones is 1. The number of rotatable bonds is 11. The van der Waals surface area contributed by atoms with Crippen LogP contribution in [0.25, 0.3) is 11.3 Å². The standard InChI is InChI=1S/C24H28N4O3/c1-3-5-8-14-28-22(26-23(27-28)21(29)9-4-2)15-17-12-13-20(25-16-17)18-10-6-7-11-19(18)24(30)31/h6-7,10-13,16H,3-5,8-9,14-15H2,1-2H3,(H,30,31). The molecule has 0 saturated heterocycles. The number of nitrogens with zero attached hydrogens (tertiary/aromatic N) is 4. The van der Waals surface area contributed by atoms with Crippen molar-refractivity contribution in [3.63, 3.8) is 0 Å². The Labute approximate surface area is 182 Å². The number of hydrogen-bond donors (Lipinski definition) is 1. The van der Waals surface area contributed by atoms with E-state index in [1.165, 1.54) is 0 Å². The van der Waals surface area contributed by atoms with Crippen molar-refractivity contribution in [3.8, 4) is 11.3 Å². The number of aromatic nitrogens is 4. The number of carboxylic acids is 1. The summed E-state index contributed by atoms with van der Waals surface area (Å²) in [7, 11) is 0. The van der Waals surface area contributed by atoms with E-state index in [-0.39, 0.29) is 17.2 Å². The molecule has 0 fully saturated rings. The van der Waals surface area contributed by atoms with E-state index in [2.05, 4.69) is 22.0 Å². The third-order valence-corrected chi connectivity index (χ3v) is 5.07. The first-order chi connectivity index (χ1) is 15.0. The van der Waals surface area contributed by atoms with Gasteiger partial charge in [0, 0.05) is 31.1 Å². The molecule has 0 amide bonds. The predicted octanol–water partition coefficient (Wildman–Crippen LogP) is 4.80. The number of hydrogen-bond acceptors (Lipinski definition) is 5.